The van der Waals surface area contributed by atoms with Crippen LogP contribution in [0.4, 0.5) is 5.95 Å². The molecule has 4 heterocycles. The highest BCUT2D eigenvalue weighted by Gasteiger charge is 2.40. The summed E-state index contributed by atoms with van der Waals surface area (Å²) in [5.41, 5.74) is 1.80. The van der Waals surface area contributed by atoms with Gasteiger partial charge in [0.25, 0.3) is 0 Å². The molecule has 0 radical (unpaired) electrons. The predicted molar refractivity (Wildman–Crippen MR) is 140 cm³/mol. The van der Waals surface area contributed by atoms with E-state index >= 15 is 0 Å². The SMILES string of the molecule is CCOC(=O)C1CC(Oc2cc(-n3ccc4cc(S(C)(=O)=O)ccc43)ncn2)CN1c1ncc(CC)cn1. The Morgan fingerprint density at radius 1 is 1.08 bits per heavy atom. The summed E-state index contributed by atoms with van der Waals surface area (Å²) in [4.78, 5) is 32.3. The molecule has 3 aromatic heterocycles. The molecule has 1 saturated heterocycles. The van der Waals surface area contributed by atoms with Crippen molar-refractivity contribution in [1.29, 1.82) is 0 Å². The summed E-state index contributed by atoms with van der Waals surface area (Å²) >= 11 is 0. The van der Waals surface area contributed by atoms with Crippen LogP contribution in [0.3, 0.4) is 0 Å². The molecule has 12 heteroatoms. The van der Waals surface area contributed by atoms with E-state index in [4.69, 9.17) is 9.47 Å². The van der Waals surface area contributed by atoms with E-state index in [1.54, 1.807) is 43.6 Å². The zero-order chi connectivity index (χ0) is 26.9. The molecular formula is C26H28N6O5S. The number of aryl methyl sites for hydroxylation is 1. The summed E-state index contributed by atoms with van der Waals surface area (Å²) in [5.74, 6) is 1.01. The fourth-order valence-electron chi connectivity index (χ4n) is 4.49. The number of carbonyl (C=O) groups excluding carboxylic acids is 1. The first-order valence-corrected chi connectivity index (χ1v) is 14.2. The summed E-state index contributed by atoms with van der Waals surface area (Å²) in [6.45, 7) is 4.46. The van der Waals surface area contributed by atoms with E-state index in [1.807, 2.05) is 28.7 Å². The Morgan fingerprint density at radius 2 is 1.87 bits per heavy atom. The van der Waals surface area contributed by atoms with Gasteiger partial charge in [-0.1, -0.05) is 6.92 Å². The molecule has 2 atom stereocenters. The molecule has 4 aromatic rings. The van der Waals surface area contributed by atoms with Gasteiger partial charge in [0.15, 0.2) is 9.84 Å². The van der Waals surface area contributed by atoms with Crippen LogP contribution >= 0.6 is 0 Å². The lowest BCUT2D eigenvalue weighted by molar-refractivity contribution is -0.144. The number of esters is 1. The van der Waals surface area contributed by atoms with Gasteiger partial charge in [0.05, 0.1) is 23.6 Å². The molecule has 1 aliphatic heterocycles. The third-order valence-corrected chi connectivity index (χ3v) is 7.54. The number of aromatic nitrogens is 5. The summed E-state index contributed by atoms with van der Waals surface area (Å²) in [5, 5.41) is 0.770. The molecule has 0 saturated carbocycles. The highest BCUT2D eigenvalue weighted by molar-refractivity contribution is 7.90. The zero-order valence-corrected chi connectivity index (χ0v) is 22.1. The van der Waals surface area contributed by atoms with E-state index in [2.05, 4.69) is 19.9 Å². The Labute approximate surface area is 220 Å². The lowest BCUT2D eigenvalue weighted by Gasteiger charge is -2.22. The average Bonchev–Trinajstić information content (AvgIpc) is 3.53. The first-order chi connectivity index (χ1) is 18.3. The van der Waals surface area contributed by atoms with Gasteiger partial charge >= 0.3 is 5.97 Å². The summed E-state index contributed by atoms with van der Waals surface area (Å²) in [6, 6.07) is 7.92. The first-order valence-electron chi connectivity index (χ1n) is 12.3. The van der Waals surface area contributed by atoms with Crippen LogP contribution in [0.1, 0.15) is 25.8 Å². The van der Waals surface area contributed by atoms with Gasteiger partial charge in [-0.25, -0.2) is 33.1 Å². The van der Waals surface area contributed by atoms with Gasteiger partial charge in [-0.15, -0.1) is 0 Å². The van der Waals surface area contributed by atoms with Crippen molar-refractivity contribution < 1.29 is 22.7 Å². The monoisotopic (exact) mass is 536 g/mol. The Hall–Kier alpha value is -4.06. The van der Waals surface area contributed by atoms with Crippen molar-refractivity contribution in [3.8, 4) is 11.7 Å². The minimum absolute atomic E-state index is 0.254. The number of carbonyl (C=O) groups is 1. The van der Waals surface area contributed by atoms with Gasteiger partial charge in [0.2, 0.25) is 11.8 Å². The van der Waals surface area contributed by atoms with Crippen LogP contribution in [0, 0.1) is 0 Å². The Balaban J connectivity index is 1.38. The molecule has 0 N–H and O–H groups in total. The van der Waals surface area contributed by atoms with Gasteiger partial charge < -0.3 is 18.9 Å². The first kappa shape index (κ1) is 25.6. The van der Waals surface area contributed by atoms with Crippen molar-refractivity contribution in [2.45, 2.75) is 43.7 Å². The average molecular weight is 537 g/mol. The quantitative estimate of drug-likeness (QED) is 0.310. The van der Waals surface area contributed by atoms with Crippen LogP contribution in [0.15, 0.2) is 60.1 Å². The van der Waals surface area contributed by atoms with Crippen LogP contribution in [0.2, 0.25) is 0 Å². The van der Waals surface area contributed by atoms with Crippen molar-refractivity contribution in [2.75, 3.05) is 24.3 Å². The van der Waals surface area contributed by atoms with E-state index in [-0.39, 0.29) is 23.6 Å². The molecule has 198 valence electrons. The third-order valence-electron chi connectivity index (χ3n) is 6.43. The molecule has 1 aliphatic rings. The highest BCUT2D eigenvalue weighted by atomic mass is 32.2. The van der Waals surface area contributed by atoms with Crippen LogP contribution in [-0.2, 0) is 25.8 Å². The van der Waals surface area contributed by atoms with Gasteiger partial charge in [-0.05, 0) is 43.2 Å². The second kappa shape index (κ2) is 10.4. The van der Waals surface area contributed by atoms with Crippen LogP contribution < -0.4 is 9.64 Å². The molecule has 0 bridgehead atoms. The van der Waals surface area contributed by atoms with Crippen molar-refractivity contribution in [3.63, 3.8) is 0 Å². The van der Waals surface area contributed by atoms with E-state index in [0.717, 1.165) is 22.9 Å². The topological polar surface area (TPSA) is 129 Å². The number of fused-ring (bicyclic) bond motifs is 1. The van der Waals surface area contributed by atoms with Gasteiger partial charge in [0.1, 0.15) is 24.3 Å². The van der Waals surface area contributed by atoms with E-state index in [1.165, 1.54) is 12.6 Å². The molecule has 38 heavy (non-hydrogen) atoms. The maximum absolute atomic E-state index is 12.7. The lowest BCUT2D eigenvalue weighted by atomic mass is 10.2. The number of benzene rings is 1. The smallest absolute Gasteiger partial charge is 0.329 e. The number of anilines is 1. The molecule has 5 rings (SSSR count). The van der Waals surface area contributed by atoms with Crippen LogP contribution in [0.25, 0.3) is 16.7 Å². The minimum atomic E-state index is -3.31. The van der Waals surface area contributed by atoms with E-state index < -0.39 is 15.9 Å². The van der Waals surface area contributed by atoms with Gasteiger partial charge in [0, 0.05) is 42.7 Å². The third kappa shape index (κ3) is 5.17. The van der Waals surface area contributed by atoms with Crippen molar-refractivity contribution >= 4 is 32.7 Å². The Morgan fingerprint density at radius 3 is 2.58 bits per heavy atom. The molecule has 0 spiro atoms. The molecule has 11 nitrogen and oxygen atoms in total. The van der Waals surface area contributed by atoms with Crippen molar-refractivity contribution in [3.05, 3.63) is 60.8 Å². The number of sulfone groups is 1. The lowest BCUT2D eigenvalue weighted by Crippen LogP contribution is -2.38. The van der Waals surface area contributed by atoms with Gasteiger partial charge in [-0.2, -0.15) is 0 Å². The van der Waals surface area contributed by atoms with E-state index in [0.29, 0.717) is 30.6 Å². The maximum atomic E-state index is 12.7. The zero-order valence-electron chi connectivity index (χ0n) is 21.3. The molecule has 2 unspecified atom stereocenters. The number of ether oxygens (including phenoxy) is 2. The largest absolute Gasteiger partial charge is 0.472 e. The van der Waals surface area contributed by atoms with Crippen LogP contribution in [-0.4, -0.2) is 70.4 Å². The second-order valence-corrected chi connectivity index (χ2v) is 11.0. The standard InChI is InChI=1S/C26H28N6O5S/c1-4-17-13-27-26(28-14-17)32-15-19(11-22(32)25(33)36-5-2)37-24-12-23(29-16-30-24)31-9-8-18-10-20(38(3,34)35)6-7-21(18)31/h6-10,12-14,16,19,22H,4-5,11,15H2,1-3H3. The molecule has 0 aliphatic carbocycles. The number of hydrogen-bond donors (Lipinski definition) is 0. The Kier molecular flexibility index (Phi) is 6.98. The maximum Gasteiger partial charge on any atom is 0.329 e. The fraction of sp³-hybridized carbons (Fsp3) is 0.346. The second-order valence-electron chi connectivity index (χ2n) is 9.03. The highest BCUT2D eigenvalue weighted by Crippen LogP contribution is 2.28. The summed E-state index contributed by atoms with van der Waals surface area (Å²) in [7, 11) is -3.31. The number of nitrogens with zero attached hydrogens (tertiary/aromatic N) is 6. The molecular weight excluding hydrogens is 508 g/mol. The summed E-state index contributed by atoms with van der Waals surface area (Å²) in [6.07, 6.45) is 8.77. The van der Waals surface area contributed by atoms with Gasteiger partial charge in [-0.3, -0.25) is 0 Å². The van der Waals surface area contributed by atoms with Crippen molar-refractivity contribution in [2.24, 2.45) is 0 Å². The minimum Gasteiger partial charge on any atom is -0.472 e. The fourth-order valence-corrected chi connectivity index (χ4v) is 5.15. The van der Waals surface area contributed by atoms with Crippen LogP contribution in [0.5, 0.6) is 5.88 Å². The van der Waals surface area contributed by atoms with E-state index in [9.17, 15) is 13.2 Å². The molecule has 1 aromatic carbocycles. The Bertz CT molecular complexity index is 1570. The van der Waals surface area contributed by atoms with Crippen molar-refractivity contribution in [1.82, 2.24) is 24.5 Å². The number of hydrogen-bond acceptors (Lipinski definition) is 10. The number of rotatable bonds is 8. The molecule has 1 fully saturated rings. The predicted octanol–water partition coefficient (Wildman–Crippen LogP) is 2.77. The normalized spacial score (nSPS) is 17.6. The summed E-state index contributed by atoms with van der Waals surface area (Å²) < 4.78 is 37.2. The molecule has 0 amide bonds.